The third-order valence-electron chi connectivity index (χ3n) is 2.98. The SMILES string of the molecule is Cc1cc(S(=O)(=O)Nc2cc(Cl)ccc2F)ccc1OCC(=O)O. The average Bonchev–Trinajstić information content (AvgIpc) is 2.49. The summed E-state index contributed by atoms with van der Waals surface area (Å²) in [7, 11) is -4.04. The van der Waals surface area contributed by atoms with Crippen molar-refractivity contribution >= 4 is 33.3 Å². The minimum absolute atomic E-state index is 0.123. The number of hydrogen-bond donors (Lipinski definition) is 2. The normalized spacial score (nSPS) is 11.1. The summed E-state index contributed by atoms with van der Waals surface area (Å²) in [6.07, 6.45) is 0. The van der Waals surface area contributed by atoms with Crippen molar-refractivity contribution in [3.8, 4) is 5.75 Å². The van der Waals surface area contributed by atoms with Gasteiger partial charge in [-0.2, -0.15) is 0 Å². The summed E-state index contributed by atoms with van der Waals surface area (Å²) in [5, 5.41) is 8.77. The van der Waals surface area contributed by atoms with E-state index in [0.717, 1.165) is 12.1 Å². The molecule has 2 rings (SSSR count). The van der Waals surface area contributed by atoms with Crippen LogP contribution in [0.4, 0.5) is 10.1 Å². The first-order valence-electron chi connectivity index (χ1n) is 6.62. The fourth-order valence-corrected chi connectivity index (χ4v) is 3.18. The third kappa shape index (κ3) is 4.36. The number of rotatable bonds is 6. The highest BCUT2D eigenvalue weighted by molar-refractivity contribution is 7.92. The number of aryl methyl sites for hydroxylation is 1. The Labute approximate surface area is 142 Å². The van der Waals surface area contributed by atoms with Crippen LogP contribution in [-0.2, 0) is 14.8 Å². The number of nitrogens with one attached hydrogen (secondary N) is 1. The molecule has 0 bridgehead atoms. The van der Waals surface area contributed by atoms with Gasteiger partial charge in [0.1, 0.15) is 11.6 Å². The molecule has 0 aliphatic heterocycles. The van der Waals surface area contributed by atoms with Crippen molar-refractivity contribution in [2.45, 2.75) is 11.8 Å². The predicted molar refractivity (Wildman–Crippen MR) is 86.5 cm³/mol. The second-order valence-electron chi connectivity index (χ2n) is 4.84. The molecule has 24 heavy (non-hydrogen) atoms. The summed E-state index contributed by atoms with van der Waals surface area (Å²) >= 11 is 5.73. The Morgan fingerprint density at radius 3 is 2.62 bits per heavy atom. The van der Waals surface area contributed by atoms with Gasteiger partial charge in [-0.1, -0.05) is 11.6 Å². The first-order valence-corrected chi connectivity index (χ1v) is 8.48. The molecular weight excluding hydrogens is 361 g/mol. The van der Waals surface area contributed by atoms with E-state index in [1.54, 1.807) is 6.92 Å². The summed E-state index contributed by atoms with van der Waals surface area (Å²) in [5.41, 5.74) is 0.150. The van der Waals surface area contributed by atoms with Crippen LogP contribution in [0.3, 0.4) is 0 Å². The second-order valence-corrected chi connectivity index (χ2v) is 6.96. The molecule has 0 atom stereocenters. The highest BCUT2D eigenvalue weighted by atomic mass is 35.5. The van der Waals surface area contributed by atoms with Crippen molar-refractivity contribution in [1.82, 2.24) is 0 Å². The number of carbonyl (C=O) groups is 1. The number of aliphatic carboxylic acids is 1. The van der Waals surface area contributed by atoms with Crippen LogP contribution in [0.1, 0.15) is 5.56 Å². The number of benzene rings is 2. The van der Waals surface area contributed by atoms with Gasteiger partial charge in [0, 0.05) is 5.02 Å². The molecule has 0 aliphatic carbocycles. The van der Waals surface area contributed by atoms with Gasteiger partial charge in [-0.15, -0.1) is 0 Å². The smallest absolute Gasteiger partial charge is 0.341 e. The molecule has 9 heteroatoms. The monoisotopic (exact) mass is 373 g/mol. The molecule has 2 N–H and O–H groups in total. The number of ether oxygens (including phenoxy) is 1. The molecule has 0 radical (unpaired) electrons. The summed E-state index contributed by atoms with van der Waals surface area (Å²) < 4.78 is 45.5. The molecule has 0 saturated carbocycles. The number of anilines is 1. The lowest BCUT2D eigenvalue weighted by Gasteiger charge is -2.12. The molecule has 0 spiro atoms. The molecule has 0 aromatic heterocycles. The van der Waals surface area contributed by atoms with Gasteiger partial charge < -0.3 is 9.84 Å². The standard InChI is InChI=1S/C15H13ClFNO5S/c1-9-6-11(3-5-14(9)23-8-15(19)20)24(21,22)18-13-7-10(16)2-4-12(13)17/h2-7,18H,8H2,1H3,(H,19,20). The molecule has 0 saturated heterocycles. The van der Waals surface area contributed by atoms with Crippen molar-refractivity contribution in [2.75, 3.05) is 11.3 Å². The Hall–Kier alpha value is -2.32. The van der Waals surface area contributed by atoms with Crippen LogP contribution in [0.2, 0.25) is 5.02 Å². The van der Waals surface area contributed by atoms with Crippen molar-refractivity contribution in [1.29, 1.82) is 0 Å². The summed E-state index contributed by atoms with van der Waals surface area (Å²) in [5.74, 6) is -1.67. The molecule has 0 amide bonds. The zero-order valence-electron chi connectivity index (χ0n) is 12.4. The van der Waals surface area contributed by atoms with Crippen LogP contribution in [0.15, 0.2) is 41.3 Å². The Balaban J connectivity index is 2.27. The van der Waals surface area contributed by atoms with E-state index in [-0.39, 0.29) is 21.4 Å². The maximum Gasteiger partial charge on any atom is 0.341 e. The highest BCUT2D eigenvalue weighted by Crippen LogP contribution is 2.26. The zero-order valence-corrected chi connectivity index (χ0v) is 14.0. The van der Waals surface area contributed by atoms with Crippen LogP contribution in [0, 0.1) is 12.7 Å². The lowest BCUT2D eigenvalue weighted by molar-refractivity contribution is -0.139. The number of carboxylic acid groups (broad SMARTS) is 1. The van der Waals surface area contributed by atoms with Crippen molar-refractivity contribution < 1.29 is 27.4 Å². The van der Waals surface area contributed by atoms with Gasteiger partial charge in [0.2, 0.25) is 0 Å². The molecule has 2 aromatic carbocycles. The van der Waals surface area contributed by atoms with Crippen molar-refractivity contribution in [3.05, 3.63) is 52.8 Å². The lowest BCUT2D eigenvalue weighted by atomic mass is 10.2. The average molecular weight is 374 g/mol. The van der Waals surface area contributed by atoms with E-state index in [1.807, 2.05) is 0 Å². The topological polar surface area (TPSA) is 92.7 Å². The van der Waals surface area contributed by atoms with E-state index >= 15 is 0 Å². The lowest BCUT2D eigenvalue weighted by Crippen LogP contribution is -2.15. The van der Waals surface area contributed by atoms with E-state index in [9.17, 15) is 17.6 Å². The van der Waals surface area contributed by atoms with E-state index < -0.39 is 28.4 Å². The summed E-state index contributed by atoms with van der Waals surface area (Å²) in [6, 6.07) is 7.37. The van der Waals surface area contributed by atoms with Crippen molar-refractivity contribution in [2.24, 2.45) is 0 Å². The fraction of sp³-hybridized carbons (Fsp3) is 0.133. The van der Waals surface area contributed by atoms with Gasteiger partial charge in [-0.05, 0) is 48.9 Å². The van der Waals surface area contributed by atoms with E-state index in [0.29, 0.717) is 5.56 Å². The quantitative estimate of drug-likeness (QED) is 0.811. The number of hydrogen-bond acceptors (Lipinski definition) is 4. The fourth-order valence-electron chi connectivity index (χ4n) is 1.87. The van der Waals surface area contributed by atoms with Crippen molar-refractivity contribution in [3.63, 3.8) is 0 Å². The van der Waals surface area contributed by atoms with Crippen LogP contribution < -0.4 is 9.46 Å². The van der Waals surface area contributed by atoms with Gasteiger partial charge in [0.25, 0.3) is 10.0 Å². The minimum atomic E-state index is -4.04. The Morgan fingerprint density at radius 2 is 2.00 bits per heavy atom. The Morgan fingerprint density at radius 1 is 1.29 bits per heavy atom. The Kier molecular flexibility index (Phi) is 5.30. The van der Waals surface area contributed by atoms with Crippen LogP contribution in [0.5, 0.6) is 5.75 Å². The minimum Gasteiger partial charge on any atom is -0.482 e. The molecule has 6 nitrogen and oxygen atoms in total. The third-order valence-corrected chi connectivity index (χ3v) is 4.58. The van der Waals surface area contributed by atoms with Crippen LogP contribution in [0.25, 0.3) is 0 Å². The molecular formula is C15H13ClFNO5S. The highest BCUT2D eigenvalue weighted by Gasteiger charge is 2.18. The molecule has 0 aliphatic rings. The second kappa shape index (κ2) is 7.06. The molecule has 0 fully saturated rings. The molecule has 0 heterocycles. The van der Waals surface area contributed by atoms with Crippen LogP contribution in [-0.4, -0.2) is 26.1 Å². The first kappa shape index (κ1) is 18.0. The number of carboxylic acids is 1. The van der Waals surface area contributed by atoms with Gasteiger partial charge in [0.15, 0.2) is 6.61 Å². The maximum absolute atomic E-state index is 13.7. The number of sulfonamides is 1. The van der Waals surface area contributed by atoms with Crippen LogP contribution >= 0.6 is 11.6 Å². The maximum atomic E-state index is 13.7. The largest absolute Gasteiger partial charge is 0.482 e. The zero-order chi connectivity index (χ0) is 17.9. The van der Waals surface area contributed by atoms with Gasteiger partial charge in [-0.25, -0.2) is 17.6 Å². The Bertz CT molecular complexity index is 885. The number of halogens is 2. The van der Waals surface area contributed by atoms with Gasteiger partial charge in [-0.3, -0.25) is 4.72 Å². The van der Waals surface area contributed by atoms with Gasteiger partial charge in [0.05, 0.1) is 10.6 Å². The molecule has 128 valence electrons. The first-order chi connectivity index (χ1) is 11.2. The van der Waals surface area contributed by atoms with E-state index in [2.05, 4.69) is 4.72 Å². The molecule has 2 aromatic rings. The van der Waals surface area contributed by atoms with Gasteiger partial charge >= 0.3 is 5.97 Å². The van der Waals surface area contributed by atoms with E-state index in [4.69, 9.17) is 21.4 Å². The van der Waals surface area contributed by atoms with E-state index in [1.165, 1.54) is 24.3 Å². The summed E-state index contributed by atoms with van der Waals surface area (Å²) in [6.45, 7) is 1.02. The summed E-state index contributed by atoms with van der Waals surface area (Å²) in [4.78, 5) is 10.4. The molecule has 0 unspecified atom stereocenters. The predicted octanol–water partition coefficient (Wildman–Crippen LogP) is 3.05.